The van der Waals surface area contributed by atoms with E-state index in [9.17, 15) is 0 Å². The van der Waals surface area contributed by atoms with Gasteiger partial charge >= 0.3 is 0 Å². The van der Waals surface area contributed by atoms with Crippen LogP contribution in [-0.2, 0) is 5.41 Å². The van der Waals surface area contributed by atoms with Gasteiger partial charge in [0.2, 0.25) is 0 Å². The van der Waals surface area contributed by atoms with Crippen LogP contribution in [0, 0.1) is 0 Å². The van der Waals surface area contributed by atoms with Crippen molar-refractivity contribution < 1.29 is 13.7 Å². The number of benzene rings is 8. The Morgan fingerprint density at radius 3 is 1.52 bits per heavy atom. The van der Waals surface area contributed by atoms with Gasteiger partial charge < -0.3 is 4.90 Å². The summed E-state index contributed by atoms with van der Waals surface area (Å²) in [5.41, 5.74) is 10.7. The highest BCUT2D eigenvalue weighted by Gasteiger charge is 2.35. The summed E-state index contributed by atoms with van der Waals surface area (Å²) in [7, 11) is 0. The van der Waals surface area contributed by atoms with Crippen molar-refractivity contribution >= 4 is 27.8 Å². The van der Waals surface area contributed by atoms with Gasteiger partial charge in [-0.05, 0) is 115 Å². The van der Waals surface area contributed by atoms with Crippen LogP contribution in [0.2, 0.25) is 0 Å². The summed E-state index contributed by atoms with van der Waals surface area (Å²) in [5, 5.41) is 2.05. The summed E-state index contributed by atoms with van der Waals surface area (Å²) in [5.74, 6) is 0. The summed E-state index contributed by atoms with van der Waals surface area (Å²) >= 11 is 0. The minimum atomic E-state index is -0.450. The van der Waals surface area contributed by atoms with Crippen molar-refractivity contribution in [2.75, 3.05) is 4.90 Å². The number of fused-ring (bicyclic) bond motifs is 4. The maximum absolute atomic E-state index is 8.52. The molecule has 0 aliphatic heterocycles. The van der Waals surface area contributed by atoms with Crippen LogP contribution in [0.3, 0.4) is 0 Å². The van der Waals surface area contributed by atoms with Crippen LogP contribution in [0.1, 0.15) is 38.7 Å². The molecule has 0 aromatic heterocycles. The molecule has 0 heterocycles. The lowest BCUT2D eigenvalue weighted by atomic mass is 9.81. The Morgan fingerprint density at radius 2 is 0.880 bits per heavy atom. The van der Waals surface area contributed by atoms with Gasteiger partial charge in [-0.15, -0.1) is 0 Å². The van der Waals surface area contributed by atoms with E-state index < -0.39 is 36.3 Å². The fourth-order valence-corrected chi connectivity index (χ4v) is 7.23. The molecule has 0 amide bonds. The molecule has 0 fully saturated rings. The van der Waals surface area contributed by atoms with Crippen LogP contribution in [0.5, 0.6) is 0 Å². The normalized spacial score (nSPS) is 15.6. The van der Waals surface area contributed by atoms with Crippen LogP contribution in [-0.4, -0.2) is 0 Å². The van der Waals surface area contributed by atoms with E-state index in [0.29, 0.717) is 11.1 Å². The first-order valence-electron chi connectivity index (χ1n) is 21.6. The molecule has 1 nitrogen and oxygen atoms in total. The molecular weight excluding hydrogens is 603 g/mol. The van der Waals surface area contributed by atoms with E-state index in [1.54, 1.807) is 24.3 Å². The summed E-state index contributed by atoms with van der Waals surface area (Å²) < 4.78 is 82.9. The molecule has 0 saturated carbocycles. The zero-order valence-electron chi connectivity index (χ0n) is 37.6. The molecule has 8 aromatic carbocycles. The van der Waals surface area contributed by atoms with Crippen molar-refractivity contribution in [3.05, 3.63) is 199 Å². The zero-order chi connectivity index (χ0) is 42.4. The van der Waals surface area contributed by atoms with E-state index in [4.69, 9.17) is 13.7 Å². The van der Waals surface area contributed by atoms with Gasteiger partial charge in [0.05, 0.1) is 13.7 Å². The molecule has 0 spiro atoms. The standard InChI is InChI=1S/C49H37N/c1-49(2)47-16-10-9-15-45(47)46-30-24-41(33-48(46)49)38-17-18-40-32-44(29-23-39(40)31-38)50(42-25-19-36(20-26-42)34-11-5-3-6-12-34)43-27-21-37(22-28-43)35-13-7-4-8-14-35/h3-33H,1-2H3/i3D,4D,5D,6D,7D,8D,11D,12D,13D,14D. The van der Waals surface area contributed by atoms with E-state index >= 15 is 0 Å². The van der Waals surface area contributed by atoms with E-state index in [1.165, 1.54) is 22.3 Å². The molecule has 1 aliphatic rings. The Hall–Kier alpha value is -6.18. The van der Waals surface area contributed by atoms with Gasteiger partial charge in [-0.3, -0.25) is 0 Å². The van der Waals surface area contributed by atoms with Gasteiger partial charge in [-0.25, -0.2) is 0 Å². The Balaban J connectivity index is 1.13. The highest BCUT2D eigenvalue weighted by Crippen LogP contribution is 2.49. The number of rotatable bonds is 6. The smallest absolute Gasteiger partial charge is 0.0629 e. The summed E-state index contributed by atoms with van der Waals surface area (Å²) in [6.07, 6.45) is 0. The van der Waals surface area contributed by atoms with Gasteiger partial charge in [0.1, 0.15) is 0 Å². The SMILES string of the molecule is [2H]c1c([2H])c([2H])c(-c2ccc(N(c3ccc(-c4c([2H])c([2H])c([2H])c([2H])c4[2H])cc3)c3ccc4cc(-c5ccc6c(c5)C(C)(C)c5ccccc5-6)ccc4c3)cc2)c([2H])c1[2H]. The second kappa shape index (κ2) is 12.1. The van der Waals surface area contributed by atoms with Crippen molar-refractivity contribution in [2.45, 2.75) is 19.3 Å². The van der Waals surface area contributed by atoms with Gasteiger partial charge in [0.25, 0.3) is 0 Å². The van der Waals surface area contributed by atoms with Gasteiger partial charge in [-0.2, -0.15) is 0 Å². The third-order valence-corrected chi connectivity index (χ3v) is 9.83. The molecule has 50 heavy (non-hydrogen) atoms. The fourth-order valence-electron chi connectivity index (χ4n) is 7.23. The maximum atomic E-state index is 8.52. The lowest BCUT2D eigenvalue weighted by molar-refractivity contribution is 0.660. The molecule has 0 atom stereocenters. The topological polar surface area (TPSA) is 3.24 Å². The van der Waals surface area contributed by atoms with Gasteiger partial charge in [0.15, 0.2) is 0 Å². The van der Waals surface area contributed by atoms with E-state index in [-0.39, 0.29) is 40.7 Å². The third-order valence-electron chi connectivity index (χ3n) is 9.83. The van der Waals surface area contributed by atoms with Crippen molar-refractivity contribution in [1.29, 1.82) is 0 Å². The predicted octanol–water partition coefficient (Wildman–Crippen LogP) is 13.6. The second-order valence-corrected chi connectivity index (χ2v) is 13.1. The molecule has 1 heteroatoms. The molecule has 0 radical (unpaired) electrons. The number of hydrogen-bond acceptors (Lipinski definition) is 1. The van der Waals surface area contributed by atoms with E-state index in [0.717, 1.165) is 39.0 Å². The van der Waals surface area contributed by atoms with Crippen LogP contribution in [0.4, 0.5) is 17.1 Å². The molecule has 238 valence electrons. The highest BCUT2D eigenvalue weighted by atomic mass is 15.1. The monoisotopic (exact) mass is 649 g/mol. The zero-order valence-corrected chi connectivity index (χ0v) is 27.6. The molecular formula is C49H37N. The fraction of sp³-hybridized carbons (Fsp3) is 0.0612. The van der Waals surface area contributed by atoms with E-state index in [2.05, 4.69) is 86.6 Å². The quantitative estimate of drug-likeness (QED) is 0.173. The average molecular weight is 650 g/mol. The van der Waals surface area contributed by atoms with E-state index in [1.807, 2.05) is 35.2 Å². The number of anilines is 3. The van der Waals surface area contributed by atoms with Gasteiger partial charge in [-0.1, -0.05) is 153 Å². The van der Waals surface area contributed by atoms with Crippen molar-refractivity contribution in [2.24, 2.45) is 0 Å². The van der Waals surface area contributed by atoms with Crippen LogP contribution in [0.25, 0.3) is 55.3 Å². The molecule has 9 rings (SSSR count). The molecule has 8 aromatic rings. The molecule has 0 unspecified atom stereocenters. The predicted molar refractivity (Wildman–Crippen MR) is 213 cm³/mol. The maximum Gasteiger partial charge on any atom is 0.0629 e. The molecule has 1 aliphatic carbocycles. The van der Waals surface area contributed by atoms with Crippen molar-refractivity contribution in [1.82, 2.24) is 0 Å². The summed E-state index contributed by atoms with van der Waals surface area (Å²) in [6, 6.07) is 38.6. The minimum Gasteiger partial charge on any atom is -0.310 e. The first kappa shape index (κ1) is 21.0. The summed E-state index contributed by atoms with van der Waals surface area (Å²) in [4.78, 5) is 2.02. The average Bonchev–Trinajstić information content (AvgIpc) is 3.49. The highest BCUT2D eigenvalue weighted by molar-refractivity contribution is 5.93. The number of nitrogens with zero attached hydrogens (tertiary/aromatic N) is 1. The first-order chi connectivity index (χ1) is 28.7. The largest absolute Gasteiger partial charge is 0.310 e. The Labute approximate surface area is 308 Å². The van der Waals surface area contributed by atoms with Crippen LogP contribution >= 0.6 is 0 Å². The Bertz CT molecular complexity index is 2890. The second-order valence-electron chi connectivity index (χ2n) is 13.1. The molecule has 0 saturated heterocycles. The Kier molecular flexibility index (Phi) is 5.07. The molecule has 0 N–H and O–H groups in total. The van der Waals surface area contributed by atoms with Gasteiger partial charge in [0, 0.05) is 22.5 Å². The lowest BCUT2D eigenvalue weighted by Gasteiger charge is -2.26. The van der Waals surface area contributed by atoms with Crippen LogP contribution in [0.15, 0.2) is 188 Å². The first-order valence-corrected chi connectivity index (χ1v) is 16.6. The van der Waals surface area contributed by atoms with Crippen molar-refractivity contribution in [3.63, 3.8) is 0 Å². The minimum absolute atomic E-state index is 0.111. The summed E-state index contributed by atoms with van der Waals surface area (Å²) in [6.45, 7) is 4.56. The van der Waals surface area contributed by atoms with Crippen LogP contribution < -0.4 is 4.90 Å². The molecule has 0 bridgehead atoms. The van der Waals surface area contributed by atoms with Crippen molar-refractivity contribution in [3.8, 4) is 44.5 Å². The Morgan fingerprint density at radius 1 is 0.400 bits per heavy atom. The number of hydrogen-bond donors (Lipinski definition) is 0. The lowest BCUT2D eigenvalue weighted by Crippen LogP contribution is -2.14. The third kappa shape index (κ3) is 5.19.